The molecule has 1 N–H and O–H groups in total. The molecule has 0 saturated carbocycles. The predicted molar refractivity (Wildman–Crippen MR) is 82.9 cm³/mol. The van der Waals surface area contributed by atoms with Gasteiger partial charge in [-0.3, -0.25) is 4.79 Å². The minimum Gasteiger partial charge on any atom is -0.364 e. The quantitative estimate of drug-likeness (QED) is 0.823. The largest absolute Gasteiger partial charge is 0.364 e. The lowest BCUT2D eigenvalue weighted by Gasteiger charge is -2.18. The van der Waals surface area contributed by atoms with Gasteiger partial charge in [0.2, 0.25) is 6.23 Å². The second kappa shape index (κ2) is 5.31. The van der Waals surface area contributed by atoms with Gasteiger partial charge in [-0.1, -0.05) is 41.8 Å². The first-order chi connectivity index (χ1) is 13.4. The van der Waals surface area contributed by atoms with E-state index in [1.807, 2.05) is 0 Å². The maximum atomic E-state index is 12.6. The molecule has 0 saturated heterocycles. The Bertz CT molecular complexity index is 1040. The zero-order valence-corrected chi connectivity index (χ0v) is 11.2. The van der Waals surface area contributed by atoms with E-state index in [0.717, 1.165) is 0 Å². The zero-order valence-electron chi connectivity index (χ0n) is 18.4. The number of fused-ring (bicyclic) bond motifs is 1. The number of aliphatic imine (C=N–C) groups is 1. The van der Waals surface area contributed by atoms with Gasteiger partial charge in [0.15, 0.2) is 0 Å². The van der Waals surface area contributed by atoms with E-state index in [1.54, 1.807) is 0 Å². The number of nitrogens with zero attached hydrogens (tertiary/aromatic N) is 2. The molecule has 1 amide bonds. The van der Waals surface area contributed by atoms with Crippen LogP contribution in [0.2, 0.25) is 5.02 Å². The first-order valence-corrected chi connectivity index (χ1v) is 6.21. The van der Waals surface area contributed by atoms with Crippen LogP contribution in [-0.4, -0.2) is 29.9 Å². The topological polar surface area (TPSA) is 52.9 Å². The summed E-state index contributed by atoms with van der Waals surface area (Å²) in [5.74, 6) is -1.25. The van der Waals surface area contributed by atoms with Crippen molar-refractivity contribution in [1.29, 1.82) is 0 Å². The second-order valence-electron chi connectivity index (χ2n) is 4.19. The van der Waals surface area contributed by atoms with Crippen LogP contribution in [0.15, 0.2) is 53.4 Å². The summed E-state index contributed by atoms with van der Waals surface area (Å²) in [6.45, 7) is -2.98. The Hall–Kier alpha value is -2.17. The van der Waals surface area contributed by atoms with Gasteiger partial charge in [0.05, 0.1) is 18.3 Å². The molecule has 1 atom stereocenters. The molecule has 0 aromatic heterocycles. The van der Waals surface area contributed by atoms with Crippen LogP contribution < -0.4 is 4.90 Å². The van der Waals surface area contributed by atoms with Crippen LogP contribution in [0.3, 0.4) is 0 Å². The number of aliphatic hydroxyl groups is 1. The molecule has 3 rings (SSSR count). The Morgan fingerprint density at radius 1 is 1.38 bits per heavy atom. The SMILES string of the molecule is [2H]c1c([2H])c([2H])c(C2=NC(O)C(=O)N([13C]([2H])([2H])[2H])c3ccc(Cl)cc32)c([2H])c1[2H]. The molecule has 0 fully saturated rings. The van der Waals surface area contributed by atoms with Crippen molar-refractivity contribution in [2.75, 3.05) is 11.9 Å². The van der Waals surface area contributed by atoms with Gasteiger partial charge < -0.3 is 10.0 Å². The Labute approximate surface area is 138 Å². The molecule has 4 nitrogen and oxygen atoms in total. The molecular formula is C16H13ClN2O2. The number of hydrogen-bond donors (Lipinski definition) is 1. The molecule has 1 unspecified atom stereocenters. The van der Waals surface area contributed by atoms with Crippen LogP contribution in [0.1, 0.15) is 22.1 Å². The standard InChI is InChI=1S/C16H13ClN2O2/c1-19-13-8-7-11(17)9-12(13)14(18-15(20)16(19)21)10-5-3-2-4-6-10/h2-9,15,20H,1H3/i1+1D3,2D,3D,4D,5D,6D. The van der Waals surface area contributed by atoms with E-state index in [4.69, 9.17) is 22.6 Å². The molecule has 106 valence electrons. The molecule has 5 heteroatoms. The maximum absolute atomic E-state index is 12.6. The molecule has 1 aliphatic heterocycles. The molecule has 0 spiro atoms. The van der Waals surface area contributed by atoms with Crippen LogP contribution in [0, 0.1) is 0 Å². The zero-order chi connectivity index (χ0) is 21.8. The second-order valence-corrected chi connectivity index (χ2v) is 4.62. The Balaban J connectivity index is 2.44. The van der Waals surface area contributed by atoms with Crippen molar-refractivity contribution in [2.24, 2.45) is 4.99 Å². The monoisotopic (exact) mass is 309 g/mol. The van der Waals surface area contributed by atoms with Crippen molar-refractivity contribution in [3.8, 4) is 0 Å². The smallest absolute Gasteiger partial charge is 0.278 e. The van der Waals surface area contributed by atoms with Gasteiger partial charge >= 0.3 is 0 Å². The number of likely N-dealkylation sites (N-methyl/N-ethyl adjacent to an activating group) is 1. The molecule has 1 aliphatic rings. The molecule has 2 aromatic carbocycles. The third-order valence-electron chi connectivity index (χ3n) is 2.88. The third kappa shape index (κ3) is 2.44. The van der Waals surface area contributed by atoms with Crippen LogP contribution >= 0.6 is 11.6 Å². The molecule has 0 aliphatic carbocycles. The van der Waals surface area contributed by atoms with Crippen LogP contribution in [0.5, 0.6) is 0 Å². The summed E-state index contributed by atoms with van der Waals surface area (Å²) in [5.41, 5.74) is -0.996. The van der Waals surface area contributed by atoms with Crippen molar-refractivity contribution in [1.82, 2.24) is 0 Å². The fourth-order valence-corrected chi connectivity index (χ4v) is 2.11. The first kappa shape index (κ1) is 7.20. The van der Waals surface area contributed by atoms with Gasteiger partial charge in [-0.25, -0.2) is 4.99 Å². The number of benzene rings is 2. The maximum Gasteiger partial charge on any atom is 0.278 e. The van der Waals surface area contributed by atoms with Crippen LogP contribution in [-0.2, 0) is 4.79 Å². The summed E-state index contributed by atoms with van der Waals surface area (Å²) in [6, 6.07) is 0.625. The van der Waals surface area contributed by atoms with E-state index in [1.165, 1.54) is 18.2 Å². The van der Waals surface area contributed by atoms with Crippen molar-refractivity contribution in [2.45, 2.75) is 6.23 Å². The lowest BCUT2D eigenvalue weighted by Crippen LogP contribution is -2.34. The number of halogens is 1. The van der Waals surface area contributed by atoms with Crippen molar-refractivity contribution in [3.05, 3.63) is 64.6 Å². The van der Waals surface area contributed by atoms with E-state index in [9.17, 15) is 9.90 Å². The number of carbonyl (C=O) groups excluding carboxylic acids is 1. The normalized spacial score (nSPS) is 24.1. The van der Waals surface area contributed by atoms with Crippen molar-refractivity contribution >= 4 is 28.9 Å². The molecule has 2 aromatic rings. The summed E-state index contributed by atoms with van der Waals surface area (Å²) in [4.78, 5) is 16.7. The number of hydrogen-bond acceptors (Lipinski definition) is 3. The van der Waals surface area contributed by atoms with Crippen LogP contribution in [0.25, 0.3) is 0 Å². The number of amides is 1. The first-order valence-electron chi connectivity index (χ1n) is 9.83. The van der Waals surface area contributed by atoms with Gasteiger partial charge in [-0.15, -0.1) is 0 Å². The van der Waals surface area contributed by atoms with E-state index >= 15 is 0 Å². The highest BCUT2D eigenvalue weighted by atomic mass is 35.5. The summed E-state index contributed by atoms with van der Waals surface area (Å²) < 4.78 is 62.7. The van der Waals surface area contributed by atoms with E-state index < -0.39 is 54.9 Å². The Morgan fingerprint density at radius 3 is 2.86 bits per heavy atom. The molecule has 0 bridgehead atoms. The van der Waals surface area contributed by atoms with Crippen molar-refractivity contribution < 1.29 is 20.9 Å². The minimum atomic E-state index is -2.98. The molecule has 0 radical (unpaired) electrons. The van der Waals surface area contributed by atoms with Gasteiger partial charge in [0, 0.05) is 27.2 Å². The molecule has 1 heterocycles. The lowest BCUT2D eigenvalue weighted by atomic mass is 10.0. The van der Waals surface area contributed by atoms with E-state index in [2.05, 4.69) is 4.99 Å². The summed E-state index contributed by atoms with van der Waals surface area (Å²) in [6.07, 6.45) is -2.17. The highest BCUT2D eigenvalue weighted by molar-refractivity contribution is 6.32. The average Bonchev–Trinajstić information content (AvgIpc) is 2.73. The number of anilines is 1. The number of benzodiazepines with no additional fused rings is 1. The van der Waals surface area contributed by atoms with Gasteiger partial charge in [-0.2, -0.15) is 0 Å². The number of aliphatic hydroxyl groups excluding tert-OH is 1. The number of carbonyl (C=O) groups is 1. The molecular weight excluding hydrogens is 289 g/mol. The summed E-state index contributed by atoms with van der Waals surface area (Å²) in [5, 5.41) is 10.3. The van der Waals surface area contributed by atoms with Crippen LogP contribution in [0.4, 0.5) is 5.69 Å². The lowest BCUT2D eigenvalue weighted by molar-refractivity contribution is -0.125. The van der Waals surface area contributed by atoms with Gasteiger partial charge in [0.1, 0.15) is 0 Å². The fraction of sp³-hybridized carbons (Fsp3) is 0.125. The number of rotatable bonds is 1. The minimum absolute atomic E-state index is 0.0722. The highest BCUT2D eigenvalue weighted by Crippen LogP contribution is 2.29. The van der Waals surface area contributed by atoms with Gasteiger partial charge in [-0.05, 0) is 18.2 Å². The van der Waals surface area contributed by atoms with E-state index in [-0.39, 0.29) is 22.0 Å². The summed E-state index contributed by atoms with van der Waals surface area (Å²) >= 11 is 6.03. The van der Waals surface area contributed by atoms with Gasteiger partial charge in [0.25, 0.3) is 5.91 Å². The Kier molecular flexibility index (Phi) is 1.82. The predicted octanol–water partition coefficient (Wildman–Crippen LogP) is 2.47. The van der Waals surface area contributed by atoms with Crippen molar-refractivity contribution in [3.63, 3.8) is 0 Å². The molecule has 21 heavy (non-hydrogen) atoms. The van der Waals surface area contributed by atoms with E-state index in [0.29, 0.717) is 4.90 Å². The average molecular weight is 310 g/mol. The fourth-order valence-electron chi connectivity index (χ4n) is 1.94. The highest BCUT2D eigenvalue weighted by Gasteiger charge is 2.28. The Morgan fingerprint density at radius 2 is 2.14 bits per heavy atom. The third-order valence-corrected chi connectivity index (χ3v) is 3.12. The summed E-state index contributed by atoms with van der Waals surface area (Å²) in [7, 11) is 0.